The quantitative estimate of drug-likeness (QED) is 0.515. The molecule has 1 amide bonds. The summed E-state index contributed by atoms with van der Waals surface area (Å²) in [7, 11) is 2.99. The van der Waals surface area contributed by atoms with Crippen LogP contribution in [0, 0.1) is 0 Å². The third-order valence-electron chi connectivity index (χ3n) is 3.94. The summed E-state index contributed by atoms with van der Waals surface area (Å²) in [5.74, 6) is 0.225. The van der Waals surface area contributed by atoms with E-state index in [9.17, 15) is 9.90 Å². The van der Waals surface area contributed by atoms with Crippen LogP contribution in [0.15, 0.2) is 53.6 Å². The van der Waals surface area contributed by atoms with Crippen LogP contribution in [0.2, 0.25) is 5.02 Å². The van der Waals surface area contributed by atoms with E-state index < -0.39 is 5.91 Å². The van der Waals surface area contributed by atoms with Crippen molar-refractivity contribution >= 4 is 34.5 Å². The number of nitrogens with one attached hydrogen (secondary N) is 1. The summed E-state index contributed by atoms with van der Waals surface area (Å²) < 4.78 is 10.4. The number of carbonyl (C=O) groups excluding carboxylic acids is 1. The summed E-state index contributed by atoms with van der Waals surface area (Å²) in [6, 6.07) is 13.9. The maximum absolute atomic E-state index is 12.3. The van der Waals surface area contributed by atoms with E-state index in [0.717, 1.165) is 10.8 Å². The second kappa shape index (κ2) is 7.97. The Labute approximate surface area is 161 Å². The van der Waals surface area contributed by atoms with Gasteiger partial charge in [-0.15, -0.1) is 0 Å². The molecule has 0 atom stereocenters. The van der Waals surface area contributed by atoms with Gasteiger partial charge in [0.15, 0.2) is 11.5 Å². The molecule has 0 spiro atoms. The van der Waals surface area contributed by atoms with Gasteiger partial charge in [-0.2, -0.15) is 5.10 Å². The number of hydrogen-bond acceptors (Lipinski definition) is 5. The number of hydrazone groups is 1. The van der Waals surface area contributed by atoms with Crippen molar-refractivity contribution in [1.82, 2.24) is 5.43 Å². The van der Waals surface area contributed by atoms with Crippen LogP contribution in [0.5, 0.6) is 17.2 Å². The van der Waals surface area contributed by atoms with Gasteiger partial charge in [-0.3, -0.25) is 4.79 Å². The van der Waals surface area contributed by atoms with Crippen molar-refractivity contribution in [3.05, 3.63) is 64.7 Å². The highest BCUT2D eigenvalue weighted by molar-refractivity contribution is 6.32. The second-order valence-corrected chi connectivity index (χ2v) is 6.06. The van der Waals surface area contributed by atoms with Gasteiger partial charge in [-0.05, 0) is 40.6 Å². The summed E-state index contributed by atoms with van der Waals surface area (Å²) in [4.78, 5) is 12.3. The van der Waals surface area contributed by atoms with E-state index in [-0.39, 0.29) is 11.3 Å². The highest BCUT2D eigenvalue weighted by atomic mass is 35.5. The Hall–Kier alpha value is -3.25. The Morgan fingerprint density at radius 1 is 1.11 bits per heavy atom. The number of phenolic OH excluding ortho intramolecular Hbond substituents is 1. The smallest absolute Gasteiger partial charge is 0.275 e. The van der Waals surface area contributed by atoms with Gasteiger partial charge < -0.3 is 14.6 Å². The minimum absolute atomic E-state index is 0.115. The predicted octanol–water partition coefficient (Wildman–Crippen LogP) is 3.98. The molecule has 6 nitrogen and oxygen atoms in total. The van der Waals surface area contributed by atoms with Crippen molar-refractivity contribution in [2.45, 2.75) is 0 Å². The van der Waals surface area contributed by atoms with Crippen LogP contribution in [0.4, 0.5) is 0 Å². The van der Waals surface area contributed by atoms with Gasteiger partial charge in [0.1, 0.15) is 5.75 Å². The topological polar surface area (TPSA) is 80.2 Å². The normalized spacial score (nSPS) is 10.9. The number of nitrogens with zero attached hydrogens (tertiary/aromatic N) is 1. The zero-order valence-electron chi connectivity index (χ0n) is 14.7. The van der Waals surface area contributed by atoms with Gasteiger partial charge in [0, 0.05) is 0 Å². The largest absolute Gasteiger partial charge is 0.507 e. The number of aromatic hydroxyl groups is 1. The second-order valence-electron chi connectivity index (χ2n) is 5.65. The first kappa shape index (κ1) is 18.5. The number of phenols is 1. The number of benzene rings is 3. The molecule has 3 rings (SSSR count). The molecule has 0 heterocycles. The van der Waals surface area contributed by atoms with E-state index in [1.807, 2.05) is 24.3 Å². The van der Waals surface area contributed by atoms with Crippen molar-refractivity contribution in [1.29, 1.82) is 0 Å². The van der Waals surface area contributed by atoms with Crippen LogP contribution in [-0.4, -0.2) is 31.4 Å². The average molecular weight is 385 g/mol. The monoisotopic (exact) mass is 384 g/mol. The van der Waals surface area contributed by atoms with E-state index >= 15 is 0 Å². The van der Waals surface area contributed by atoms with Gasteiger partial charge in [-0.25, -0.2) is 5.43 Å². The van der Waals surface area contributed by atoms with Crippen LogP contribution >= 0.6 is 11.6 Å². The molecule has 3 aromatic rings. The molecule has 3 aromatic carbocycles. The van der Waals surface area contributed by atoms with Gasteiger partial charge >= 0.3 is 0 Å². The molecule has 2 N–H and O–H groups in total. The highest BCUT2D eigenvalue weighted by Crippen LogP contribution is 2.35. The number of amides is 1. The lowest BCUT2D eigenvalue weighted by Crippen LogP contribution is -2.17. The zero-order valence-corrected chi connectivity index (χ0v) is 15.4. The highest BCUT2D eigenvalue weighted by Gasteiger charge is 2.12. The van der Waals surface area contributed by atoms with E-state index in [1.165, 1.54) is 20.4 Å². The molecule has 138 valence electrons. The van der Waals surface area contributed by atoms with Crippen molar-refractivity contribution in [3.63, 3.8) is 0 Å². The standard InChI is InChI=1S/C20H17ClN2O4/c1-26-18-8-12(7-16(21)19(18)27-2)11-22-23-20(25)15-9-13-5-3-4-6-14(13)10-17(15)24/h3-11,24H,1-2H3,(H,23,25)/b22-11-. The number of carbonyl (C=O) groups is 1. The first-order valence-electron chi connectivity index (χ1n) is 8.00. The minimum atomic E-state index is -0.527. The summed E-state index contributed by atoms with van der Waals surface area (Å²) in [6.07, 6.45) is 1.42. The van der Waals surface area contributed by atoms with E-state index in [4.69, 9.17) is 21.1 Å². The molecule has 0 aromatic heterocycles. The van der Waals surface area contributed by atoms with Gasteiger partial charge in [-0.1, -0.05) is 35.9 Å². The van der Waals surface area contributed by atoms with Crippen molar-refractivity contribution in [3.8, 4) is 17.2 Å². The molecule has 0 aliphatic carbocycles. The minimum Gasteiger partial charge on any atom is -0.507 e. The Morgan fingerprint density at radius 2 is 1.81 bits per heavy atom. The predicted molar refractivity (Wildman–Crippen MR) is 105 cm³/mol. The third kappa shape index (κ3) is 3.96. The van der Waals surface area contributed by atoms with Crippen LogP contribution in [-0.2, 0) is 0 Å². The molecular weight excluding hydrogens is 368 g/mol. The van der Waals surface area contributed by atoms with E-state index in [2.05, 4.69) is 10.5 Å². The summed E-state index contributed by atoms with van der Waals surface area (Å²) in [5.41, 5.74) is 3.14. The van der Waals surface area contributed by atoms with Crippen molar-refractivity contribution in [2.75, 3.05) is 14.2 Å². The molecular formula is C20H17ClN2O4. The summed E-state index contributed by atoms with van der Waals surface area (Å²) >= 11 is 6.14. The average Bonchev–Trinajstić information content (AvgIpc) is 2.66. The maximum Gasteiger partial charge on any atom is 0.275 e. The first-order valence-corrected chi connectivity index (χ1v) is 8.38. The fourth-order valence-electron chi connectivity index (χ4n) is 2.65. The Morgan fingerprint density at radius 3 is 2.48 bits per heavy atom. The van der Waals surface area contributed by atoms with Crippen molar-refractivity contribution < 1.29 is 19.4 Å². The molecule has 0 fully saturated rings. The fourth-order valence-corrected chi connectivity index (χ4v) is 2.94. The summed E-state index contributed by atoms with van der Waals surface area (Å²) in [6.45, 7) is 0. The lowest BCUT2D eigenvalue weighted by Gasteiger charge is -2.10. The third-order valence-corrected chi connectivity index (χ3v) is 4.23. The Balaban J connectivity index is 1.80. The number of ether oxygens (including phenoxy) is 2. The lowest BCUT2D eigenvalue weighted by molar-refractivity contribution is 0.0952. The Bertz CT molecular complexity index is 1030. The molecule has 0 unspecified atom stereocenters. The molecule has 0 radical (unpaired) electrons. The fraction of sp³-hybridized carbons (Fsp3) is 0.100. The van der Waals surface area contributed by atoms with Crippen LogP contribution < -0.4 is 14.9 Å². The van der Waals surface area contributed by atoms with Gasteiger partial charge in [0.25, 0.3) is 5.91 Å². The number of halogens is 1. The lowest BCUT2D eigenvalue weighted by atomic mass is 10.1. The molecule has 0 bridgehead atoms. The maximum atomic E-state index is 12.3. The molecule has 0 aliphatic rings. The van der Waals surface area contributed by atoms with Crippen molar-refractivity contribution in [2.24, 2.45) is 5.10 Å². The van der Waals surface area contributed by atoms with Crippen LogP contribution in [0.25, 0.3) is 10.8 Å². The zero-order chi connectivity index (χ0) is 19.4. The Kier molecular flexibility index (Phi) is 5.47. The molecule has 0 saturated carbocycles. The van der Waals surface area contributed by atoms with Crippen LogP contribution in [0.1, 0.15) is 15.9 Å². The molecule has 7 heteroatoms. The van der Waals surface area contributed by atoms with Crippen LogP contribution in [0.3, 0.4) is 0 Å². The first-order chi connectivity index (χ1) is 13.0. The SMILES string of the molecule is COc1cc(/C=N\NC(=O)c2cc3ccccc3cc2O)cc(Cl)c1OC. The number of methoxy groups -OCH3 is 2. The summed E-state index contributed by atoms with van der Waals surface area (Å²) in [5, 5.41) is 16.1. The van der Waals surface area contributed by atoms with E-state index in [1.54, 1.807) is 24.3 Å². The number of hydrogen-bond donors (Lipinski definition) is 2. The number of fused-ring (bicyclic) bond motifs is 1. The molecule has 27 heavy (non-hydrogen) atoms. The van der Waals surface area contributed by atoms with E-state index in [0.29, 0.717) is 22.1 Å². The molecule has 0 aliphatic heterocycles. The molecule has 0 saturated heterocycles. The van der Waals surface area contributed by atoms with Gasteiger partial charge in [0.2, 0.25) is 0 Å². The van der Waals surface area contributed by atoms with Gasteiger partial charge in [0.05, 0.1) is 31.0 Å². The number of rotatable bonds is 5.